The smallest absolute Gasteiger partial charge is 0.0381 e. The van der Waals surface area contributed by atoms with Gasteiger partial charge in [-0.2, -0.15) is 0 Å². The molecule has 0 bridgehead atoms. The highest BCUT2D eigenvalue weighted by Gasteiger charge is 1.96. The van der Waals surface area contributed by atoms with Crippen LogP contribution in [0.25, 0.3) is 11.1 Å². The summed E-state index contributed by atoms with van der Waals surface area (Å²) in [6.45, 7) is 0.801. The normalized spacial score (nSPS) is 10.2. The average Bonchev–Trinajstić information content (AvgIpc) is 2.32. The van der Waals surface area contributed by atoms with Crippen LogP contribution in [0.4, 0.5) is 0 Å². The van der Waals surface area contributed by atoms with Gasteiger partial charge in [0.1, 0.15) is 0 Å². The van der Waals surface area contributed by atoms with Crippen LogP contribution in [-0.4, -0.2) is 7.05 Å². The molecule has 0 aliphatic carbocycles. The van der Waals surface area contributed by atoms with Gasteiger partial charge in [-0.15, -0.1) is 0 Å². The summed E-state index contributed by atoms with van der Waals surface area (Å²) in [4.78, 5) is 0. The van der Waals surface area contributed by atoms with Crippen molar-refractivity contribution in [2.45, 2.75) is 6.54 Å². The van der Waals surface area contributed by atoms with Crippen LogP contribution in [-0.2, 0) is 6.54 Å². The van der Waals surface area contributed by atoms with Gasteiger partial charge in [0, 0.05) is 13.6 Å². The van der Waals surface area contributed by atoms with E-state index >= 15 is 0 Å². The molecule has 2 rings (SSSR count). The molecular formula is C14H14N. The lowest BCUT2D eigenvalue weighted by atomic mass is 10.0. The van der Waals surface area contributed by atoms with Crippen molar-refractivity contribution in [3.05, 3.63) is 60.2 Å². The van der Waals surface area contributed by atoms with Gasteiger partial charge in [-0.05, 0) is 16.7 Å². The second kappa shape index (κ2) is 4.76. The molecule has 0 saturated heterocycles. The maximum atomic E-state index is 4.11. The van der Waals surface area contributed by atoms with Crippen molar-refractivity contribution >= 4 is 0 Å². The lowest BCUT2D eigenvalue weighted by Gasteiger charge is -2.03. The molecule has 1 radical (unpaired) electrons. The van der Waals surface area contributed by atoms with E-state index in [-0.39, 0.29) is 0 Å². The monoisotopic (exact) mass is 196 g/mol. The third-order valence-corrected chi connectivity index (χ3v) is 2.40. The van der Waals surface area contributed by atoms with E-state index in [0.29, 0.717) is 0 Å². The van der Waals surface area contributed by atoms with Crippen LogP contribution in [0.1, 0.15) is 5.56 Å². The quantitative estimate of drug-likeness (QED) is 0.716. The molecule has 0 heterocycles. The highest BCUT2D eigenvalue weighted by molar-refractivity contribution is 5.63. The minimum absolute atomic E-state index is 0.801. The van der Waals surface area contributed by atoms with Crippen molar-refractivity contribution in [2.24, 2.45) is 0 Å². The third-order valence-electron chi connectivity index (χ3n) is 2.40. The zero-order valence-electron chi connectivity index (χ0n) is 8.85. The van der Waals surface area contributed by atoms with Gasteiger partial charge in [0.25, 0.3) is 0 Å². The molecule has 0 atom stereocenters. The van der Waals surface area contributed by atoms with Gasteiger partial charge in [0.15, 0.2) is 0 Å². The first kappa shape index (κ1) is 9.94. The van der Waals surface area contributed by atoms with E-state index in [2.05, 4.69) is 53.8 Å². The molecule has 0 aliphatic rings. The van der Waals surface area contributed by atoms with Crippen LogP contribution >= 0.6 is 0 Å². The molecule has 0 spiro atoms. The summed E-state index contributed by atoms with van der Waals surface area (Å²) in [6, 6.07) is 19.0. The van der Waals surface area contributed by atoms with E-state index in [9.17, 15) is 0 Å². The molecular weight excluding hydrogens is 182 g/mol. The fraction of sp³-hybridized carbons (Fsp3) is 0.143. The highest BCUT2D eigenvalue weighted by atomic mass is 14.8. The lowest BCUT2D eigenvalue weighted by molar-refractivity contribution is 0.800. The maximum Gasteiger partial charge on any atom is 0.0381 e. The SMILES string of the molecule is C[N]Cc1ccc(-c2ccccc2)cc1. The topological polar surface area (TPSA) is 14.1 Å². The third kappa shape index (κ3) is 2.45. The Morgan fingerprint density at radius 1 is 0.800 bits per heavy atom. The van der Waals surface area contributed by atoms with Gasteiger partial charge in [0.2, 0.25) is 0 Å². The maximum absolute atomic E-state index is 4.11. The van der Waals surface area contributed by atoms with Crippen LogP contribution in [0, 0.1) is 0 Å². The Bertz CT molecular complexity index is 403. The molecule has 2 aromatic carbocycles. The molecule has 0 fully saturated rings. The van der Waals surface area contributed by atoms with Crippen LogP contribution in [0.2, 0.25) is 0 Å². The predicted molar refractivity (Wildman–Crippen MR) is 63.6 cm³/mol. The minimum atomic E-state index is 0.801. The van der Waals surface area contributed by atoms with E-state index in [1.807, 2.05) is 13.1 Å². The van der Waals surface area contributed by atoms with Gasteiger partial charge in [-0.1, -0.05) is 54.6 Å². The Hall–Kier alpha value is -1.60. The summed E-state index contributed by atoms with van der Waals surface area (Å²) in [5.74, 6) is 0. The Balaban J connectivity index is 2.24. The average molecular weight is 196 g/mol. The fourth-order valence-electron chi connectivity index (χ4n) is 1.62. The predicted octanol–water partition coefficient (Wildman–Crippen LogP) is 3.09. The van der Waals surface area contributed by atoms with E-state index in [0.717, 1.165) is 6.54 Å². The summed E-state index contributed by atoms with van der Waals surface area (Å²) in [5, 5.41) is 4.11. The second-order valence-electron chi connectivity index (χ2n) is 3.54. The van der Waals surface area contributed by atoms with Crippen molar-refractivity contribution in [1.29, 1.82) is 0 Å². The number of benzene rings is 2. The molecule has 0 aromatic heterocycles. The Morgan fingerprint density at radius 3 is 2.00 bits per heavy atom. The molecule has 0 N–H and O–H groups in total. The first-order valence-electron chi connectivity index (χ1n) is 5.10. The van der Waals surface area contributed by atoms with Gasteiger partial charge in [0.05, 0.1) is 0 Å². The van der Waals surface area contributed by atoms with E-state index < -0.39 is 0 Å². The molecule has 1 nitrogen and oxygen atoms in total. The van der Waals surface area contributed by atoms with E-state index in [1.165, 1.54) is 16.7 Å². The molecule has 0 amide bonds. The molecule has 1 heteroatoms. The summed E-state index contributed by atoms with van der Waals surface area (Å²) >= 11 is 0. The van der Waals surface area contributed by atoms with Crippen molar-refractivity contribution in [1.82, 2.24) is 5.32 Å². The van der Waals surface area contributed by atoms with Crippen LogP contribution in [0.15, 0.2) is 54.6 Å². The summed E-state index contributed by atoms with van der Waals surface area (Å²) < 4.78 is 0. The molecule has 0 saturated carbocycles. The first-order valence-corrected chi connectivity index (χ1v) is 5.10. The standard InChI is InChI=1S/C14H14N/c1-15-11-12-7-9-14(10-8-12)13-5-3-2-4-6-13/h2-10H,11H2,1H3. The molecule has 0 unspecified atom stereocenters. The van der Waals surface area contributed by atoms with E-state index in [1.54, 1.807) is 0 Å². The molecule has 2 aromatic rings. The molecule has 75 valence electrons. The largest absolute Gasteiger partial charge is 0.240 e. The Kier molecular flexibility index (Phi) is 3.15. The lowest BCUT2D eigenvalue weighted by Crippen LogP contribution is -1.96. The van der Waals surface area contributed by atoms with Gasteiger partial charge in [-0.3, -0.25) is 0 Å². The summed E-state index contributed by atoms with van der Waals surface area (Å²) in [6.07, 6.45) is 0. The number of rotatable bonds is 3. The number of hydrogen-bond donors (Lipinski definition) is 0. The van der Waals surface area contributed by atoms with Crippen LogP contribution in [0.5, 0.6) is 0 Å². The number of nitrogens with zero attached hydrogens (tertiary/aromatic N) is 1. The second-order valence-corrected chi connectivity index (χ2v) is 3.54. The molecule has 0 aliphatic heterocycles. The fourth-order valence-corrected chi connectivity index (χ4v) is 1.62. The van der Waals surface area contributed by atoms with E-state index in [4.69, 9.17) is 0 Å². The first-order chi connectivity index (χ1) is 7.40. The van der Waals surface area contributed by atoms with Crippen LogP contribution < -0.4 is 5.32 Å². The van der Waals surface area contributed by atoms with Crippen LogP contribution in [0.3, 0.4) is 0 Å². The zero-order valence-corrected chi connectivity index (χ0v) is 8.85. The summed E-state index contributed by atoms with van der Waals surface area (Å²) in [7, 11) is 1.84. The highest BCUT2D eigenvalue weighted by Crippen LogP contribution is 2.18. The van der Waals surface area contributed by atoms with Gasteiger partial charge in [-0.25, -0.2) is 5.32 Å². The summed E-state index contributed by atoms with van der Waals surface area (Å²) in [5.41, 5.74) is 3.78. The van der Waals surface area contributed by atoms with Crippen molar-refractivity contribution in [2.75, 3.05) is 7.05 Å². The zero-order chi connectivity index (χ0) is 10.5. The van der Waals surface area contributed by atoms with Gasteiger partial charge >= 0.3 is 0 Å². The van der Waals surface area contributed by atoms with Gasteiger partial charge < -0.3 is 0 Å². The molecule has 15 heavy (non-hydrogen) atoms. The van der Waals surface area contributed by atoms with Crippen molar-refractivity contribution in [3.8, 4) is 11.1 Å². The number of hydrogen-bond acceptors (Lipinski definition) is 0. The Morgan fingerprint density at radius 2 is 1.40 bits per heavy atom. The van der Waals surface area contributed by atoms with Crippen molar-refractivity contribution < 1.29 is 0 Å². The minimum Gasteiger partial charge on any atom is -0.240 e. The van der Waals surface area contributed by atoms with Crippen molar-refractivity contribution in [3.63, 3.8) is 0 Å². The Labute approximate surface area is 90.8 Å².